The number of hydrogen-bond donors (Lipinski definition) is 1. The zero-order valence-corrected chi connectivity index (χ0v) is 14.4. The minimum absolute atomic E-state index is 0.377. The quantitative estimate of drug-likeness (QED) is 0.619. The fourth-order valence-corrected chi connectivity index (χ4v) is 3.49. The predicted octanol–water partition coefficient (Wildman–Crippen LogP) is 1.62. The van der Waals surface area contributed by atoms with Crippen LogP contribution in [0.5, 0.6) is 0 Å². The van der Waals surface area contributed by atoms with Crippen LogP contribution in [0.25, 0.3) is 0 Å². The van der Waals surface area contributed by atoms with E-state index < -0.39 is 36.7 Å². The molecule has 1 saturated carbocycles. The van der Waals surface area contributed by atoms with E-state index in [0.29, 0.717) is 12.8 Å². The maximum absolute atomic E-state index is 13.5. The van der Waals surface area contributed by atoms with Crippen LogP contribution in [-0.2, 0) is 23.9 Å². The first-order valence-electron chi connectivity index (χ1n) is 8.62. The van der Waals surface area contributed by atoms with Gasteiger partial charge in [0.2, 0.25) is 11.8 Å². The summed E-state index contributed by atoms with van der Waals surface area (Å²) >= 11 is 0. The second kappa shape index (κ2) is 7.81. The molecule has 9 heteroatoms. The fraction of sp³-hybridized carbons (Fsp3) is 0.444. The van der Waals surface area contributed by atoms with Crippen molar-refractivity contribution >= 4 is 29.4 Å². The molecule has 3 rings (SSSR count). The van der Waals surface area contributed by atoms with Crippen LogP contribution in [0, 0.1) is 23.5 Å². The van der Waals surface area contributed by atoms with Gasteiger partial charge in [-0.3, -0.25) is 24.1 Å². The molecule has 2 fully saturated rings. The largest absolute Gasteiger partial charge is 0.454 e. The molecule has 1 N–H and O–H groups in total. The van der Waals surface area contributed by atoms with E-state index in [2.05, 4.69) is 5.32 Å². The molecule has 7 nitrogen and oxygen atoms in total. The lowest BCUT2D eigenvalue weighted by atomic mass is 9.81. The van der Waals surface area contributed by atoms with Crippen molar-refractivity contribution in [3.05, 3.63) is 29.8 Å². The van der Waals surface area contributed by atoms with Gasteiger partial charge in [0, 0.05) is 6.07 Å². The van der Waals surface area contributed by atoms with E-state index in [1.54, 1.807) is 0 Å². The molecule has 2 atom stereocenters. The van der Waals surface area contributed by atoms with Crippen molar-refractivity contribution in [2.45, 2.75) is 25.7 Å². The van der Waals surface area contributed by atoms with Crippen molar-refractivity contribution < 1.29 is 32.7 Å². The van der Waals surface area contributed by atoms with Gasteiger partial charge in [-0.2, -0.15) is 0 Å². The minimum atomic E-state index is -0.926. The van der Waals surface area contributed by atoms with E-state index >= 15 is 0 Å². The van der Waals surface area contributed by atoms with Crippen molar-refractivity contribution in [1.29, 1.82) is 0 Å². The average Bonchev–Trinajstić information content (AvgIpc) is 2.88. The van der Waals surface area contributed by atoms with Gasteiger partial charge >= 0.3 is 5.97 Å². The van der Waals surface area contributed by atoms with Crippen LogP contribution >= 0.6 is 0 Å². The lowest BCUT2D eigenvalue weighted by Crippen LogP contribution is -2.37. The van der Waals surface area contributed by atoms with Crippen molar-refractivity contribution in [2.24, 2.45) is 11.8 Å². The molecule has 144 valence electrons. The molecule has 2 aliphatic rings. The number of nitrogens with one attached hydrogen (secondary N) is 1. The van der Waals surface area contributed by atoms with Gasteiger partial charge < -0.3 is 10.1 Å². The number of imide groups is 1. The number of likely N-dealkylation sites (tertiary alicyclic amines) is 1. The summed E-state index contributed by atoms with van der Waals surface area (Å²) < 4.78 is 31.3. The molecule has 0 unspecified atom stereocenters. The molecular weight excluding hydrogens is 362 g/mol. The fourth-order valence-electron chi connectivity index (χ4n) is 3.49. The maximum atomic E-state index is 13.5. The van der Waals surface area contributed by atoms with Crippen molar-refractivity contribution in [2.75, 3.05) is 18.5 Å². The molecule has 1 aromatic carbocycles. The first-order valence-corrected chi connectivity index (χ1v) is 8.62. The van der Waals surface area contributed by atoms with Gasteiger partial charge in [0.15, 0.2) is 6.61 Å². The third-order valence-corrected chi connectivity index (χ3v) is 4.79. The zero-order valence-electron chi connectivity index (χ0n) is 14.4. The Morgan fingerprint density at radius 1 is 1.11 bits per heavy atom. The van der Waals surface area contributed by atoms with Crippen LogP contribution in [0.3, 0.4) is 0 Å². The third kappa shape index (κ3) is 4.12. The number of esters is 1. The first-order chi connectivity index (χ1) is 12.9. The molecule has 3 amide bonds. The smallest absolute Gasteiger partial charge is 0.326 e. The number of ether oxygens (including phenoxy) is 1. The maximum Gasteiger partial charge on any atom is 0.326 e. The van der Waals surface area contributed by atoms with Gasteiger partial charge in [0.1, 0.15) is 18.2 Å². The van der Waals surface area contributed by atoms with Gasteiger partial charge in [0.25, 0.3) is 5.91 Å². The van der Waals surface area contributed by atoms with E-state index in [1.165, 1.54) is 0 Å². The molecule has 1 aliphatic carbocycles. The molecule has 1 aromatic rings. The predicted molar refractivity (Wildman–Crippen MR) is 88.1 cm³/mol. The SMILES string of the molecule is O=C(COC(=O)CN1C(=O)[C@H]2CCCC[C@H]2C1=O)Nc1cc(F)ccc1F. The van der Waals surface area contributed by atoms with Gasteiger partial charge in [-0.05, 0) is 25.0 Å². The normalized spacial score (nSPS) is 21.8. The van der Waals surface area contributed by atoms with Crippen molar-refractivity contribution in [3.8, 4) is 0 Å². The van der Waals surface area contributed by atoms with Crippen molar-refractivity contribution in [1.82, 2.24) is 4.90 Å². The summed E-state index contributed by atoms with van der Waals surface area (Å²) in [5.74, 6) is -4.90. The number of carbonyl (C=O) groups excluding carboxylic acids is 4. The number of hydrogen-bond acceptors (Lipinski definition) is 5. The summed E-state index contributed by atoms with van der Waals surface area (Å²) in [5.41, 5.74) is -0.384. The molecule has 27 heavy (non-hydrogen) atoms. The van der Waals surface area contributed by atoms with Crippen LogP contribution in [0.15, 0.2) is 18.2 Å². The van der Waals surface area contributed by atoms with Gasteiger partial charge in [-0.25, -0.2) is 8.78 Å². The first kappa shape index (κ1) is 18.9. The Labute approximate surface area is 153 Å². The second-order valence-corrected chi connectivity index (χ2v) is 6.59. The summed E-state index contributed by atoms with van der Waals surface area (Å²) in [6.45, 7) is -1.32. The van der Waals surface area contributed by atoms with E-state index in [4.69, 9.17) is 4.74 Å². The Morgan fingerprint density at radius 2 is 1.74 bits per heavy atom. The molecule has 1 saturated heterocycles. The monoisotopic (exact) mass is 380 g/mol. The topological polar surface area (TPSA) is 92.8 Å². The van der Waals surface area contributed by atoms with E-state index in [-0.39, 0.29) is 29.3 Å². The van der Waals surface area contributed by atoms with E-state index in [1.807, 2.05) is 0 Å². The number of rotatable bonds is 5. The number of amides is 3. The highest BCUT2D eigenvalue weighted by molar-refractivity contribution is 6.07. The summed E-state index contributed by atoms with van der Waals surface area (Å²) in [7, 11) is 0. The Bertz CT molecular complexity index is 774. The lowest BCUT2D eigenvalue weighted by molar-refractivity contribution is -0.154. The van der Waals surface area contributed by atoms with Crippen LogP contribution in [0.2, 0.25) is 0 Å². The number of fused-ring (bicyclic) bond motifs is 1. The Balaban J connectivity index is 1.51. The molecule has 0 spiro atoms. The Hall–Kier alpha value is -2.84. The number of benzene rings is 1. The summed E-state index contributed by atoms with van der Waals surface area (Å²) in [6.07, 6.45) is 3.00. The van der Waals surface area contributed by atoms with E-state index in [0.717, 1.165) is 35.9 Å². The van der Waals surface area contributed by atoms with E-state index in [9.17, 15) is 28.0 Å². The van der Waals surface area contributed by atoms with Crippen molar-refractivity contribution in [3.63, 3.8) is 0 Å². The van der Waals surface area contributed by atoms with Gasteiger partial charge in [-0.15, -0.1) is 0 Å². The standard InChI is InChI=1S/C18H18F2N2O5/c19-10-5-6-13(20)14(7-10)21-15(23)9-27-16(24)8-22-17(25)11-3-1-2-4-12(11)18(22)26/h5-7,11-12H,1-4,8-9H2,(H,21,23)/t11-,12+. The van der Waals surface area contributed by atoms with Crippen LogP contribution in [0.4, 0.5) is 14.5 Å². The molecule has 1 aliphatic heterocycles. The van der Waals surface area contributed by atoms with Gasteiger partial charge in [-0.1, -0.05) is 12.8 Å². The number of carbonyl (C=O) groups is 4. The molecule has 0 radical (unpaired) electrons. The van der Waals surface area contributed by atoms with Gasteiger partial charge in [0.05, 0.1) is 17.5 Å². The summed E-state index contributed by atoms with van der Waals surface area (Å²) in [5, 5.41) is 2.08. The summed E-state index contributed by atoms with van der Waals surface area (Å²) in [6, 6.07) is 2.53. The Morgan fingerprint density at radius 3 is 2.37 bits per heavy atom. The molecule has 1 heterocycles. The zero-order chi connectivity index (χ0) is 19.6. The Kier molecular flexibility index (Phi) is 5.48. The molecular formula is C18H18F2N2O5. The molecule has 0 bridgehead atoms. The highest BCUT2D eigenvalue weighted by Crippen LogP contribution is 2.37. The number of anilines is 1. The highest BCUT2D eigenvalue weighted by atomic mass is 19.1. The van der Waals surface area contributed by atoms with Crippen LogP contribution in [0.1, 0.15) is 25.7 Å². The molecule has 0 aromatic heterocycles. The average molecular weight is 380 g/mol. The lowest BCUT2D eigenvalue weighted by Gasteiger charge is -2.19. The minimum Gasteiger partial charge on any atom is -0.454 e. The second-order valence-electron chi connectivity index (χ2n) is 6.59. The highest BCUT2D eigenvalue weighted by Gasteiger charge is 2.48. The number of halogens is 2. The number of nitrogens with zero attached hydrogens (tertiary/aromatic N) is 1. The summed E-state index contributed by atoms with van der Waals surface area (Å²) in [4.78, 5) is 49.1. The van der Waals surface area contributed by atoms with Crippen LogP contribution in [-0.4, -0.2) is 41.7 Å². The third-order valence-electron chi connectivity index (χ3n) is 4.79. The van der Waals surface area contributed by atoms with Crippen LogP contribution < -0.4 is 5.32 Å².